The number of nitrogens with one attached hydrogen (secondary N) is 1. The fraction of sp³-hybridized carbons (Fsp3) is 0.846. The summed E-state index contributed by atoms with van der Waals surface area (Å²) in [6.45, 7) is 3.05. The molecule has 1 atom stereocenters. The minimum Gasteiger partial charge on any atom is -0.481 e. The minimum atomic E-state index is -0.762. The van der Waals surface area contributed by atoms with E-state index in [0.717, 1.165) is 25.7 Å². The Kier molecular flexibility index (Phi) is 5.59. The Morgan fingerprint density at radius 3 is 2.50 bits per heavy atom. The zero-order chi connectivity index (χ0) is 13.6. The van der Waals surface area contributed by atoms with E-state index in [0.29, 0.717) is 25.4 Å². The lowest BCUT2D eigenvalue weighted by atomic mass is 9.68. The standard InChI is InChI=1S/C13H24N2O3/c1-10(3-4-11(16)17)5-8-15-12(18)13(9-14)6-2-7-13/h10H,2-9,14H2,1H3,(H,15,18)(H,16,17). The lowest BCUT2D eigenvalue weighted by Crippen LogP contribution is -2.50. The number of carbonyl (C=O) groups is 2. The van der Waals surface area contributed by atoms with Crippen molar-refractivity contribution in [3.63, 3.8) is 0 Å². The van der Waals surface area contributed by atoms with E-state index >= 15 is 0 Å². The summed E-state index contributed by atoms with van der Waals surface area (Å²) in [7, 11) is 0. The molecule has 0 radical (unpaired) electrons. The van der Waals surface area contributed by atoms with Crippen molar-refractivity contribution in [2.45, 2.75) is 45.4 Å². The van der Waals surface area contributed by atoms with Gasteiger partial charge in [0.1, 0.15) is 0 Å². The van der Waals surface area contributed by atoms with Crippen molar-refractivity contribution in [1.29, 1.82) is 0 Å². The zero-order valence-corrected chi connectivity index (χ0v) is 11.1. The van der Waals surface area contributed by atoms with Crippen LogP contribution in [0.1, 0.15) is 45.4 Å². The van der Waals surface area contributed by atoms with Gasteiger partial charge in [-0.1, -0.05) is 13.3 Å². The molecule has 1 unspecified atom stereocenters. The minimum absolute atomic E-state index is 0.0710. The molecule has 0 aliphatic heterocycles. The summed E-state index contributed by atoms with van der Waals surface area (Å²) in [6.07, 6.45) is 4.54. The fourth-order valence-corrected chi connectivity index (χ4v) is 2.26. The van der Waals surface area contributed by atoms with Crippen molar-refractivity contribution in [3.05, 3.63) is 0 Å². The molecule has 5 nitrogen and oxygen atoms in total. The fourth-order valence-electron chi connectivity index (χ4n) is 2.26. The summed E-state index contributed by atoms with van der Waals surface area (Å²) in [5.74, 6) is -0.374. The monoisotopic (exact) mass is 256 g/mol. The SMILES string of the molecule is CC(CCNC(=O)C1(CN)CCC1)CCC(=O)O. The molecule has 4 N–H and O–H groups in total. The number of hydrogen-bond donors (Lipinski definition) is 3. The van der Waals surface area contributed by atoms with E-state index in [4.69, 9.17) is 10.8 Å². The van der Waals surface area contributed by atoms with Gasteiger partial charge in [0, 0.05) is 19.5 Å². The van der Waals surface area contributed by atoms with Gasteiger partial charge in [0.25, 0.3) is 0 Å². The molecule has 0 spiro atoms. The molecule has 104 valence electrons. The second kappa shape index (κ2) is 6.73. The highest BCUT2D eigenvalue weighted by atomic mass is 16.4. The average Bonchev–Trinajstić information content (AvgIpc) is 2.25. The highest BCUT2D eigenvalue weighted by Crippen LogP contribution is 2.39. The van der Waals surface area contributed by atoms with E-state index in [1.807, 2.05) is 6.92 Å². The maximum Gasteiger partial charge on any atom is 0.303 e. The van der Waals surface area contributed by atoms with Crippen LogP contribution in [0.2, 0.25) is 0 Å². The summed E-state index contributed by atoms with van der Waals surface area (Å²) in [6, 6.07) is 0. The average molecular weight is 256 g/mol. The van der Waals surface area contributed by atoms with Crippen molar-refractivity contribution in [2.75, 3.05) is 13.1 Å². The second-order valence-corrected chi connectivity index (χ2v) is 5.42. The Hall–Kier alpha value is -1.10. The van der Waals surface area contributed by atoms with Crippen LogP contribution >= 0.6 is 0 Å². The van der Waals surface area contributed by atoms with Crippen LogP contribution in [0.5, 0.6) is 0 Å². The number of nitrogens with two attached hydrogens (primary N) is 1. The summed E-state index contributed by atoms with van der Waals surface area (Å²) in [4.78, 5) is 22.4. The number of aliphatic carboxylic acids is 1. The number of rotatable bonds is 8. The number of amides is 1. The van der Waals surface area contributed by atoms with E-state index in [1.165, 1.54) is 0 Å². The quantitative estimate of drug-likeness (QED) is 0.607. The van der Waals surface area contributed by atoms with Crippen molar-refractivity contribution in [2.24, 2.45) is 17.1 Å². The van der Waals surface area contributed by atoms with Gasteiger partial charge in [-0.3, -0.25) is 9.59 Å². The normalized spacial score (nSPS) is 18.8. The predicted molar refractivity (Wildman–Crippen MR) is 69.0 cm³/mol. The maximum atomic E-state index is 11.9. The third-order valence-electron chi connectivity index (χ3n) is 3.96. The van der Waals surface area contributed by atoms with E-state index in [9.17, 15) is 9.59 Å². The molecule has 0 aromatic heterocycles. The van der Waals surface area contributed by atoms with Crippen LogP contribution in [0, 0.1) is 11.3 Å². The van der Waals surface area contributed by atoms with Gasteiger partial charge in [-0.15, -0.1) is 0 Å². The van der Waals surface area contributed by atoms with Gasteiger partial charge in [0.2, 0.25) is 5.91 Å². The molecule has 0 heterocycles. The Bertz CT molecular complexity index is 295. The first kappa shape index (κ1) is 15.0. The molecule has 18 heavy (non-hydrogen) atoms. The van der Waals surface area contributed by atoms with Gasteiger partial charge in [0.15, 0.2) is 0 Å². The van der Waals surface area contributed by atoms with Gasteiger partial charge >= 0.3 is 5.97 Å². The molecule has 0 aromatic carbocycles. The van der Waals surface area contributed by atoms with E-state index < -0.39 is 5.97 Å². The Labute approximate surface area is 108 Å². The topological polar surface area (TPSA) is 92.4 Å². The van der Waals surface area contributed by atoms with Crippen LogP contribution in [0.3, 0.4) is 0 Å². The largest absolute Gasteiger partial charge is 0.481 e. The third kappa shape index (κ3) is 3.98. The summed E-state index contributed by atoms with van der Waals surface area (Å²) >= 11 is 0. The van der Waals surface area contributed by atoms with Gasteiger partial charge in [0.05, 0.1) is 5.41 Å². The van der Waals surface area contributed by atoms with E-state index in [2.05, 4.69) is 5.32 Å². The van der Waals surface area contributed by atoms with Crippen LogP contribution < -0.4 is 11.1 Å². The first-order chi connectivity index (χ1) is 8.50. The van der Waals surface area contributed by atoms with Crippen molar-refractivity contribution in [3.8, 4) is 0 Å². The smallest absolute Gasteiger partial charge is 0.303 e. The summed E-state index contributed by atoms with van der Waals surface area (Å²) in [5, 5.41) is 11.5. The number of carboxylic acids is 1. The first-order valence-electron chi connectivity index (χ1n) is 6.70. The van der Waals surface area contributed by atoms with Crippen LogP contribution in [-0.4, -0.2) is 30.1 Å². The van der Waals surface area contributed by atoms with Crippen LogP contribution in [0.25, 0.3) is 0 Å². The van der Waals surface area contributed by atoms with Crippen LogP contribution in [0.4, 0.5) is 0 Å². The molecular formula is C13H24N2O3. The van der Waals surface area contributed by atoms with Gasteiger partial charge in [-0.25, -0.2) is 0 Å². The summed E-state index contributed by atoms with van der Waals surface area (Å²) in [5.41, 5.74) is 5.34. The van der Waals surface area contributed by atoms with Crippen molar-refractivity contribution < 1.29 is 14.7 Å². The van der Waals surface area contributed by atoms with Crippen LogP contribution in [-0.2, 0) is 9.59 Å². The third-order valence-corrected chi connectivity index (χ3v) is 3.96. The van der Waals surface area contributed by atoms with E-state index in [-0.39, 0.29) is 17.7 Å². The zero-order valence-electron chi connectivity index (χ0n) is 11.1. The van der Waals surface area contributed by atoms with E-state index in [1.54, 1.807) is 0 Å². The van der Waals surface area contributed by atoms with Crippen molar-refractivity contribution >= 4 is 11.9 Å². The number of carboxylic acid groups (broad SMARTS) is 1. The maximum absolute atomic E-state index is 11.9. The van der Waals surface area contributed by atoms with Crippen LogP contribution in [0.15, 0.2) is 0 Å². The number of hydrogen-bond acceptors (Lipinski definition) is 3. The first-order valence-corrected chi connectivity index (χ1v) is 6.70. The Balaban J connectivity index is 2.17. The molecule has 1 amide bonds. The van der Waals surface area contributed by atoms with Gasteiger partial charge in [-0.05, 0) is 31.6 Å². The lowest BCUT2D eigenvalue weighted by molar-refractivity contribution is -0.137. The Morgan fingerprint density at radius 2 is 2.06 bits per heavy atom. The molecule has 0 aromatic rings. The molecule has 1 fully saturated rings. The molecular weight excluding hydrogens is 232 g/mol. The lowest BCUT2D eigenvalue weighted by Gasteiger charge is -2.39. The molecule has 1 aliphatic rings. The predicted octanol–water partition coefficient (Wildman–Crippen LogP) is 1.12. The molecule has 1 aliphatic carbocycles. The highest BCUT2D eigenvalue weighted by molar-refractivity contribution is 5.83. The molecule has 1 saturated carbocycles. The van der Waals surface area contributed by atoms with Gasteiger partial charge < -0.3 is 16.2 Å². The Morgan fingerprint density at radius 1 is 1.39 bits per heavy atom. The highest BCUT2D eigenvalue weighted by Gasteiger charge is 2.42. The summed E-state index contributed by atoms with van der Waals surface area (Å²) < 4.78 is 0. The van der Waals surface area contributed by atoms with Gasteiger partial charge in [-0.2, -0.15) is 0 Å². The molecule has 0 bridgehead atoms. The molecule has 1 rings (SSSR count). The number of carbonyl (C=O) groups excluding carboxylic acids is 1. The van der Waals surface area contributed by atoms with Crippen molar-refractivity contribution in [1.82, 2.24) is 5.32 Å². The molecule has 5 heteroatoms. The second-order valence-electron chi connectivity index (χ2n) is 5.42. The molecule has 0 saturated heterocycles.